The van der Waals surface area contributed by atoms with Crippen LogP contribution in [0.15, 0.2) is 6.07 Å². The first-order chi connectivity index (χ1) is 7.47. The second kappa shape index (κ2) is 5.21. The first-order valence-electron chi connectivity index (χ1n) is 5.61. The van der Waals surface area contributed by atoms with Gasteiger partial charge in [0.1, 0.15) is 5.75 Å². The molecule has 1 aromatic carbocycles. The third-order valence-electron chi connectivity index (χ3n) is 2.79. The molecule has 0 fully saturated rings. The van der Waals surface area contributed by atoms with Gasteiger partial charge in [0.15, 0.2) is 0 Å². The zero-order chi connectivity index (χ0) is 12.3. The number of ether oxygens (including phenoxy) is 1. The van der Waals surface area contributed by atoms with Gasteiger partial charge in [0.25, 0.3) is 0 Å². The highest BCUT2D eigenvalue weighted by Gasteiger charge is 2.12. The van der Waals surface area contributed by atoms with Crippen LogP contribution in [0.3, 0.4) is 0 Å². The Morgan fingerprint density at radius 1 is 1.31 bits per heavy atom. The van der Waals surface area contributed by atoms with Crippen molar-refractivity contribution in [2.75, 3.05) is 19.0 Å². The third-order valence-corrected chi connectivity index (χ3v) is 2.79. The maximum Gasteiger partial charge on any atom is 0.145 e. The van der Waals surface area contributed by atoms with Crippen LogP contribution in [0.4, 0.5) is 5.69 Å². The van der Waals surface area contributed by atoms with E-state index in [9.17, 15) is 0 Å². The highest BCUT2D eigenvalue weighted by atomic mass is 16.5. The van der Waals surface area contributed by atoms with Gasteiger partial charge in [0.2, 0.25) is 0 Å². The van der Waals surface area contributed by atoms with E-state index in [4.69, 9.17) is 10.5 Å². The maximum absolute atomic E-state index is 5.75. The van der Waals surface area contributed by atoms with Crippen LogP contribution >= 0.6 is 0 Å². The minimum atomic E-state index is 0.130. The molecule has 1 rings (SSSR count). The van der Waals surface area contributed by atoms with Crippen molar-refractivity contribution in [3.05, 3.63) is 22.8 Å². The average Bonchev–Trinajstić information content (AvgIpc) is 2.21. The predicted octanol–water partition coefficient (Wildman–Crippen LogP) is 2.38. The summed E-state index contributed by atoms with van der Waals surface area (Å²) in [6, 6.07) is 2.30. The number of hydrogen-bond donors (Lipinski definition) is 2. The van der Waals surface area contributed by atoms with Crippen LogP contribution in [-0.2, 0) is 0 Å². The number of aryl methyl sites for hydroxylation is 2. The summed E-state index contributed by atoms with van der Waals surface area (Å²) in [6.07, 6.45) is 0. The molecule has 1 aromatic rings. The fourth-order valence-electron chi connectivity index (χ4n) is 1.79. The summed E-state index contributed by atoms with van der Waals surface area (Å²) in [4.78, 5) is 0. The molecule has 0 saturated carbocycles. The van der Waals surface area contributed by atoms with E-state index in [1.807, 2.05) is 6.92 Å². The van der Waals surface area contributed by atoms with E-state index in [2.05, 4.69) is 32.2 Å². The maximum atomic E-state index is 5.75. The summed E-state index contributed by atoms with van der Waals surface area (Å²) < 4.78 is 5.47. The molecule has 0 aliphatic rings. The monoisotopic (exact) mass is 222 g/mol. The molecule has 0 aromatic heterocycles. The first kappa shape index (κ1) is 12.8. The van der Waals surface area contributed by atoms with E-state index in [0.29, 0.717) is 0 Å². The van der Waals surface area contributed by atoms with E-state index in [0.717, 1.165) is 18.0 Å². The molecule has 16 heavy (non-hydrogen) atoms. The Hall–Kier alpha value is -1.22. The second-order valence-corrected chi connectivity index (χ2v) is 4.40. The minimum Gasteiger partial charge on any atom is -0.494 e. The Balaban J connectivity index is 3.10. The average molecular weight is 222 g/mol. The van der Waals surface area contributed by atoms with Crippen molar-refractivity contribution >= 4 is 5.69 Å². The van der Waals surface area contributed by atoms with E-state index in [-0.39, 0.29) is 6.04 Å². The molecule has 0 radical (unpaired) electrons. The quantitative estimate of drug-likeness (QED) is 0.822. The second-order valence-electron chi connectivity index (χ2n) is 4.40. The highest BCUT2D eigenvalue weighted by molar-refractivity contribution is 5.66. The number of anilines is 1. The van der Waals surface area contributed by atoms with E-state index >= 15 is 0 Å². The van der Waals surface area contributed by atoms with Gasteiger partial charge in [-0.15, -0.1) is 0 Å². The normalized spacial score (nSPS) is 12.4. The van der Waals surface area contributed by atoms with Crippen LogP contribution in [0.2, 0.25) is 0 Å². The van der Waals surface area contributed by atoms with Crippen molar-refractivity contribution < 1.29 is 4.74 Å². The molecule has 0 saturated heterocycles. The lowest BCUT2D eigenvalue weighted by Crippen LogP contribution is -2.25. The fraction of sp³-hybridized carbons (Fsp3) is 0.538. The molecule has 0 spiro atoms. The molecule has 0 aliphatic carbocycles. The SMILES string of the molecule is COc1c(C)c(C)cc(C)c1NCC(C)N. The Morgan fingerprint density at radius 3 is 2.44 bits per heavy atom. The lowest BCUT2D eigenvalue weighted by Gasteiger charge is -2.18. The van der Waals surface area contributed by atoms with E-state index in [1.165, 1.54) is 16.7 Å². The molecular formula is C13H22N2O. The third kappa shape index (κ3) is 2.67. The Kier molecular flexibility index (Phi) is 4.19. The van der Waals surface area contributed by atoms with Crippen molar-refractivity contribution in [3.63, 3.8) is 0 Å². The molecule has 1 unspecified atom stereocenters. The van der Waals surface area contributed by atoms with Crippen LogP contribution in [-0.4, -0.2) is 19.7 Å². The fourth-order valence-corrected chi connectivity index (χ4v) is 1.79. The van der Waals surface area contributed by atoms with Gasteiger partial charge < -0.3 is 15.8 Å². The summed E-state index contributed by atoms with van der Waals surface area (Å²) in [5.74, 6) is 0.929. The number of rotatable bonds is 4. The standard InChI is InChI=1S/C13H22N2O/c1-8-6-9(2)12(15-7-10(3)14)13(16-5)11(8)4/h6,10,15H,7,14H2,1-5H3. The molecule has 3 heteroatoms. The van der Waals surface area contributed by atoms with Gasteiger partial charge >= 0.3 is 0 Å². The molecule has 0 amide bonds. The molecule has 3 nitrogen and oxygen atoms in total. The molecule has 1 atom stereocenters. The largest absolute Gasteiger partial charge is 0.494 e. The zero-order valence-corrected chi connectivity index (χ0v) is 10.8. The van der Waals surface area contributed by atoms with Gasteiger partial charge in [-0.3, -0.25) is 0 Å². The van der Waals surface area contributed by atoms with Crippen LogP contribution < -0.4 is 15.8 Å². The van der Waals surface area contributed by atoms with Crippen molar-refractivity contribution in [1.29, 1.82) is 0 Å². The molecule has 3 N–H and O–H groups in total. The van der Waals surface area contributed by atoms with Crippen molar-refractivity contribution in [1.82, 2.24) is 0 Å². The Labute approximate surface area is 98.0 Å². The first-order valence-corrected chi connectivity index (χ1v) is 5.61. The van der Waals surface area contributed by atoms with Crippen LogP contribution in [0, 0.1) is 20.8 Å². The smallest absolute Gasteiger partial charge is 0.145 e. The van der Waals surface area contributed by atoms with E-state index in [1.54, 1.807) is 7.11 Å². The van der Waals surface area contributed by atoms with Crippen molar-refractivity contribution in [3.8, 4) is 5.75 Å². The summed E-state index contributed by atoms with van der Waals surface area (Å²) in [7, 11) is 1.71. The van der Waals surface area contributed by atoms with Gasteiger partial charge in [-0.25, -0.2) is 0 Å². The number of nitrogens with two attached hydrogens (primary N) is 1. The zero-order valence-electron chi connectivity index (χ0n) is 10.8. The summed E-state index contributed by atoms with van der Waals surface area (Å²) >= 11 is 0. The van der Waals surface area contributed by atoms with Gasteiger partial charge in [-0.2, -0.15) is 0 Å². The Bertz CT molecular complexity index is 373. The highest BCUT2D eigenvalue weighted by Crippen LogP contribution is 2.33. The van der Waals surface area contributed by atoms with Crippen molar-refractivity contribution in [2.45, 2.75) is 33.7 Å². The lowest BCUT2D eigenvalue weighted by atomic mass is 10.0. The van der Waals surface area contributed by atoms with Gasteiger partial charge in [0.05, 0.1) is 12.8 Å². The number of hydrogen-bond acceptors (Lipinski definition) is 3. The number of methoxy groups -OCH3 is 1. The summed E-state index contributed by atoms with van der Waals surface area (Å²) in [6.45, 7) is 8.99. The minimum absolute atomic E-state index is 0.130. The number of nitrogens with one attached hydrogen (secondary N) is 1. The van der Waals surface area contributed by atoms with Crippen LogP contribution in [0.5, 0.6) is 5.75 Å². The lowest BCUT2D eigenvalue weighted by molar-refractivity contribution is 0.412. The summed E-state index contributed by atoms with van der Waals surface area (Å²) in [5, 5.41) is 3.35. The van der Waals surface area contributed by atoms with E-state index < -0.39 is 0 Å². The predicted molar refractivity (Wildman–Crippen MR) is 69.3 cm³/mol. The molecule has 0 aliphatic heterocycles. The van der Waals surface area contributed by atoms with Crippen LogP contribution in [0.25, 0.3) is 0 Å². The molecule has 0 bridgehead atoms. The number of benzene rings is 1. The topological polar surface area (TPSA) is 47.3 Å². The molecule has 90 valence electrons. The van der Waals surface area contributed by atoms with Gasteiger partial charge in [-0.1, -0.05) is 6.07 Å². The molecule has 0 heterocycles. The summed E-state index contributed by atoms with van der Waals surface area (Å²) in [5.41, 5.74) is 10.4. The van der Waals surface area contributed by atoms with Crippen LogP contribution in [0.1, 0.15) is 23.6 Å². The Morgan fingerprint density at radius 2 is 1.94 bits per heavy atom. The van der Waals surface area contributed by atoms with Gasteiger partial charge in [-0.05, 0) is 44.4 Å². The molecular weight excluding hydrogens is 200 g/mol. The van der Waals surface area contributed by atoms with Crippen molar-refractivity contribution in [2.24, 2.45) is 5.73 Å². The van der Waals surface area contributed by atoms with Gasteiger partial charge in [0, 0.05) is 12.6 Å².